The first-order valence-electron chi connectivity index (χ1n) is 13.0. The van der Waals surface area contributed by atoms with E-state index < -0.39 is 12.1 Å². The summed E-state index contributed by atoms with van der Waals surface area (Å²) >= 11 is 0. The summed E-state index contributed by atoms with van der Waals surface area (Å²) in [6, 6.07) is 13.3. The van der Waals surface area contributed by atoms with Crippen LogP contribution in [0.4, 0.5) is 0 Å². The van der Waals surface area contributed by atoms with Crippen LogP contribution in [0.3, 0.4) is 0 Å². The van der Waals surface area contributed by atoms with Gasteiger partial charge >= 0.3 is 5.97 Å². The lowest BCUT2D eigenvalue weighted by Crippen LogP contribution is -2.40. The Balaban J connectivity index is 1.49. The number of benzene rings is 2. The fourth-order valence-electron chi connectivity index (χ4n) is 4.91. The van der Waals surface area contributed by atoms with Gasteiger partial charge < -0.3 is 29.7 Å². The van der Waals surface area contributed by atoms with Gasteiger partial charge in [0, 0.05) is 44.6 Å². The summed E-state index contributed by atoms with van der Waals surface area (Å²) < 4.78 is 17.9. The topological polar surface area (TPSA) is 125 Å². The van der Waals surface area contributed by atoms with Crippen LogP contribution in [0.15, 0.2) is 42.5 Å². The monoisotopic (exact) mass is 507 g/mol. The molecule has 2 aliphatic rings. The van der Waals surface area contributed by atoms with E-state index >= 15 is 0 Å². The number of hydrogen-bond donors (Lipinski definition) is 3. The molecule has 0 spiro atoms. The smallest absolute Gasteiger partial charge is 0.352 e. The van der Waals surface area contributed by atoms with Crippen molar-refractivity contribution in [2.75, 3.05) is 32.8 Å². The fourth-order valence-corrected chi connectivity index (χ4v) is 4.91. The van der Waals surface area contributed by atoms with Crippen molar-refractivity contribution in [2.24, 2.45) is 5.73 Å². The number of hydrogen-bond acceptors (Lipinski definition) is 6. The van der Waals surface area contributed by atoms with Gasteiger partial charge in [0.1, 0.15) is 17.6 Å². The van der Waals surface area contributed by atoms with Crippen molar-refractivity contribution >= 4 is 17.8 Å². The van der Waals surface area contributed by atoms with Crippen LogP contribution in [0, 0.1) is 10.8 Å². The molecule has 9 nitrogen and oxygen atoms in total. The van der Waals surface area contributed by atoms with Crippen LogP contribution in [0.2, 0.25) is 0 Å². The highest BCUT2D eigenvalue weighted by molar-refractivity contribution is 5.77. The van der Waals surface area contributed by atoms with Crippen LogP contribution < -0.4 is 15.2 Å². The van der Waals surface area contributed by atoms with Gasteiger partial charge in [0.15, 0.2) is 5.96 Å². The van der Waals surface area contributed by atoms with Gasteiger partial charge in [0.2, 0.25) is 6.10 Å². The van der Waals surface area contributed by atoms with Gasteiger partial charge in [0.05, 0.1) is 12.4 Å². The fraction of sp³-hybridized carbons (Fsp3) is 0.464. The number of ether oxygens (including phenoxy) is 3. The normalized spacial score (nSPS) is 16.8. The summed E-state index contributed by atoms with van der Waals surface area (Å²) in [4.78, 5) is 16.9. The van der Waals surface area contributed by atoms with E-state index in [0.717, 1.165) is 49.2 Å². The second-order valence-electron chi connectivity index (χ2n) is 9.47. The zero-order valence-corrected chi connectivity index (χ0v) is 21.7. The van der Waals surface area contributed by atoms with Crippen molar-refractivity contribution < 1.29 is 19.0 Å². The number of likely N-dealkylation sites (tertiary alicyclic amines) is 1. The molecule has 1 atom stereocenters. The lowest BCUT2D eigenvalue weighted by atomic mass is 10.0. The van der Waals surface area contributed by atoms with Crippen molar-refractivity contribution in [3.05, 3.63) is 59.2 Å². The zero-order valence-electron chi connectivity index (χ0n) is 21.7. The number of fused-ring (bicyclic) bond motifs is 1. The minimum Gasteiger partial charge on any atom is -0.490 e. The van der Waals surface area contributed by atoms with E-state index in [0.29, 0.717) is 36.7 Å². The second kappa shape index (κ2) is 12.0. The number of guanidine groups is 1. The van der Waals surface area contributed by atoms with Gasteiger partial charge in [-0.3, -0.25) is 10.8 Å². The minimum atomic E-state index is -0.911. The number of esters is 1. The quantitative estimate of drug-likeness (QED) is 0.298. The van der Waals surface area contributed by atoms with Gasteiger partial charge in [-0.15, -0.1) is 0 Å². The lowest BCUT2D eigenvalue weighted by Gasteiger charge is -2.32. The predicted molar refractivity (Wildman–Crippen MR) is 142 cm³/mol. The van der Waals surface area contributed by atoms with Crippen LogP contribution in [-0.2, 0) is 22.4 Å². The summed E-state index contributed by atoms with van der Waals surface area (Å²) in [5.41, 5.74) is 8.59. The third-order valence-electron chi connectivity index (χ3n) is 7.00. The predicted octanol–water partition coefficient (Wildman–Crippen LogP) is 3.50. The van der Waals surface area contributed by atoms with Crippen LogP contribution >= 0.6 is 0 Å². The number of piperidine rings is 1. The molecule has 0 saturated carbocycles. The summed E-state index contributed by atoms with van der Waals surface area (Å²) in [6.07, 6.45) is 2.35. The number of carbonyl (C=O) groups excluding carboxylic acids is 1. The third-order valence-corrected chi connectivity index (χ3v) is 7.00. The average Bonchev–Trinajstić information content (AvgIpc) is 3.12. The molecule has 2 aromatic rings. The molecule has 2 heterocycles. The first-order chi connectivity index (χ1) is 17.9. The Morgan fingerprint density at radius 3 is 2.38 bits per heavy atom. The summed E-state index contributed by atoms with van der Waals surface area (Å²) in [7, 11) is 0. The van der Waals surface area contributed by atoms with Gasteiger partial charge in [0.25, 0.3) is 0 Å². The van der Waals surface area contributed by atoms with Gasteiger partial charge in [-0.05, 0) is 56.0 Å². The van der Waals surface area contributed by atoms with Crippen molar-refractivity contribution in [1.82, 2.24) is 9.80 Å². The van der Waals surface area contributed by atoms with Gasteiger partial charge in [-0.1, -0.05) is 24.3 Å². The standard InChI is InChI=1S/C28H37N5O4/c1-3-35-27(34)26(37-25-6-4-5-20-11-15-33(28(30)31)18-14-24(20)25)21-7-9-22(10-8-21)36-23-12-16-32(17-13-23)19(2)29/h4-10,23,26,29H,3,11-18H2,1-2H3,(H3,30,31). The first kappa shape index (κ1) is 26.3. The Bertz CT molecular complexity index is 1110. The number of carbonyl (C=O) groups is 1. The van der Waals surface area contributed by atoms with E-state index in [9.17, 15) is 4.79 Å². The first-order valence-corrected chi connectivity index (χ1v) is 13.0. The molecule has 0 radical (unpaired) electrons. The maximum atomic E-state index is 13.0. The molecular weight excluding hydrogens is 470 g/mol. The maximum Gasteiger partial charge on any atom is 0.352 e. The average molecular weight is 508 g/mol. The molecule has 4 N–H and O–H groups in total. The highest BCUT2D eigenvalue weighted by Gasteiger charge is 2.27. The molecule has 198 valence electrons. The summed E-state index contributed by atoms with van der Waals surface area (Å²) in [5.74, 6) is 1.61. The summed E-state index contributed by atoms with van der Waals surface area (Å²) in [6.45, 7) is 6.79. The van der Waals surface area contributed by atoms with Crippen LogP contribution in [0.25, 0.3) is 0 Å². The molecule has 1 saturated heterocycles. The molecule has 4 rings (SSSR count). The van der Waals surface area contributed by atoms with E-state index in [2.05, 4.69) is 11.0 Å². The van der Waals surface area contributed by atoms with Crippen molar-refractivity contribution in [1.29, 1.82) is 10.8 Å². The van der Waals surface area contributed by atoms with Crippen LogP contribution in [0.1, 0.15) is 49.5 Å². The maximum absolute atomic E-state index is 13.0. The molecule has 2 aliphatic heterocycles. The Morgan fingerprint density at radius 2 is 1.73 bits per heavy atom. The molecule has 1 unspecified atom stereocenters. The largest absolute Gasteiger partial charge is 0.490 e. The van der Waals surface area contributed by atoms with Crippen molar-refractivity contribution in [3.8, 4) is 11.5 Å². The van der Waals surface area contributed by atoms with Crippen molar-refractivity contribution in [3.63, 3.8) is 0 Å². The Morgan fingerprint density at radius 1 is 1.03 bits per heavy atom. The van der Waals surface area contributed by atoms with Crippen molar-refractivity contribution in [2.45, 2.75) is 51.7 Å². The highest BCUT2D eigenvalue weighted by atomic mass is 16.6. The molecule has 0 aliphatic carbocycles. The van der Waals surface area contributed by atoms with E-state index in [1.54, 1.807) is 6.92 Å². The number of rotatable bonds is 7. The van der Waals surface area contributed by atoms with Crippen LogP contribution in [-0.4, -0.2) is 66.5 Å². The van der Waals surface area contributed by atoms with E-state index in [4.69, 9.17) is 30.8 Å². The molecular formula is C28H37N5O4. The molecule has 0 amide bonds. The molecule has 9 heteroatoms. The Hall–Kier alpha value is -3.75. The number of amidine groups is 1. The van der Waals surface area contributed by atoms with Crippen LogP contribution in [0.5, 0.6) is 11.5 Å². The van der Waals surface area contributed by atoms with Gasteiger partial charge in [-0.25, -0.2) is 4.79 Å². The van der Waals surface area contributed by atoms with E-state index in [-0.39, 0.29) is 18.7 Å². The SMILES string of the molecule is CCOC(=O)C(Oc1cccc2c1CCN(C(=N)N)CC2)c1ccc(OC2CCN(C(C)=N)CC2)cc1. The number of nitrogens with two attached hydrogens (primary N) is 1. The molecule has 1 fully saturated rings. The molecule has 0 aromatic heterocycles. The van der Waals surface area contributed by atoms with Gasteiger partial charge in [-0.2, -0.15) is 0 Å². The third kappa shape index (κ3) is 6.53. The molecule has 2 aromatic carbocycles. The molecule has 0 bridgehead atoms. The van der Waals surface area contributed by atoms with E-state index in [1.807, 2.05) is 48.2 Å². The second-order valence-corrected chi connectivity index (χ2v) is 9.47. The number of nitrogens with zero attached hydrogens (tertiary/aromatic N) is 2. The summed E-state index contributed by atoms with van der Waals surface area (Å²) in [5, 5.41) is 15.6. The highest BCUT2D eigenvalue weighted by Crippen LogP contribution is 2.32. The minimum absolute atomic E-state index is 0.0670. The lowest BCUT2D eigenvalue weighted by molar-refractivity contribution is -0.151. The Labute approximate surface area is 218 Å². The Kier molecular flexibility index (Phi) is 8.53. The van der Waals surface area contributed by atoms with E-state index in [1.165, 1.54) is 0 Å². The zero-order chi connectivity index (χ0) is 26.4. The number of nitrogens with one attached hydrogen (secondary N) is 2. The molecule has 37 heavy (non-hydrogen) atoms.